The number of hydrogen-bond acceptors (Lipinski definition) is 4. The summed E-state index contributed by atoms with van der Waals surface area (Å²) in [7, 11) is 0. The molecular weight excluding hydrogens is 139 g/mol. The predicted molar refractivity (Wildman–Crippen MR) is 30.1 cm³/mol. The fourth-order valence-electron chi connectivity index (χ4n) is 0.215. The summed E-state index contributed by atoms with van der Waals surface area (Å²) in [4.78, 5) is 6.42. The van der Waals surface area contributed by atoms with E-state index < -0.39 is 0 Å². The molecule has 50 valence electrons. The Morgan fingerprint density at radius 2 is 1.67 bits per heavy atom. The molecule has 0 bridgehead atoms. The van der Waals surface area contributed by atoms with Crippen LogP contribution in [-0.2, 0) is 0 Å². The minimum absolute atomic E-state index is 0. The second-order valence-corrected chi connectivity index (χ2v) is 0.761. The van der Waals surface area contributed by atoms with Crippen LogP contribution in [0.2, 0.25) is 0 Å². The molecule has 0 spiro atoms. The molecule has 1 aromatic rings. The summed E-state index contributed by atoms with van der Waals surface area (Å²) in [6.07, 6.45) is 5.08. The Kier molecular flexibility index (Phi) is 40.8. The van der Waals surface area contributed by atoms with Crippen LogP contribution in [0.25, 0.3) is 0 Å². The van der Waals surface area contributed by atoms with E-state index in [1.807, 2.05) is 0 Å². The second-order valence-electron chi connectivity index (χ2n) is 0.761. The number of hydrogen-bond donors (Lipinski definition) is 1. The van der Waals surface area contributed by atoms with E-state index in [1.165, 1.54) is 0 Å². The van der Waals surface area contributed by atoms with Gasteiger partial charge >= 0.3 is 17.4 Å². The number of rotatable bonds is 0. The standard InChI is InChI=1S/C3H4N2.Al.3H2O/c1-2-5-3-4-1;;;;/h1-3H,(H,4,5);;3*1H2/q;+3;;;/p-3. The first-order valence-electron chi connectivity index (χ1n) is 1.43. The summed E-state index contributed by atoms with van der Waals surface area (Å²) in [5.74, 6) is 0. The maximum atomic E-state index is 3.67. The van der Waals surface area contributed by atoms with Crippen molar-refractivity contribution in [2.75, 3.05) is 0 Å². The number of imidazole rings is 1. The molecule has 0 atom stereocenters. The average Bonchev–Trinajstić information content (AvgIpc) is 1.76. The third-order valence-corrected chi connectivity index (χ3v) is 0.406. The van der Waals surface area contributed by atoms with Crippen molar-refractivity contribution >= 4 is 17.4 Å². The van der Waals surface area contributed by atoms with Crippen LogP contribution >= 0.6 is 0 Å². The van der Waals surface area contributed by atoms with Crippen LogP contribution < -0.4 is 0 Å². The summed E-state index contributed by atoms with van der Waals surface area (Å²) >= 11 is 0. The van der Waals surface area contributed by atoms with Crippen LogP contribution in [-0.4, -0.2) is 43.8 Å². The van der Waals surface area contributed by atoms with Gasteiger partial charge in [0.25, 0.3) is 0 Å². The third-order valence-electron chi connectivity index (χ3n) is 0.406. The zero-order valence-electron chi connectivity index (χ0n) is 4.60. The van der Waals surface area contributed by atoms with Crippen LogP contribution in [0, 0.1) is 0 Å². The largest absolute Gasteiger partial charge is 3.00 e. The van der Waals surface area contributed by atoms with Gasteiger partial charge in [-0.25, -0.2) is 4.98 Å². The Morgan fingerprint density at radius 3 is 1.78 bits per heavy atom. The number of nitrogens with zero attached hydrogens (tertiary/aromatic N) is 1. The van der Waals surface area contributed by atoms with Gasteiger partial charge in [0.2, 0.25) is 0 Å². The Hall–Kier alpha value is -0.378. The van der Waals surface area contributed by atoms with Crippen molar-refractivity contribution in [2.24, 2.45) is 0 Å². The van der Waals surface area contributed by atoms with E-state index in [4.69, 9.17) is 0 Å². The van der Waals surface area contributed by atoms with Crippen molar-refractivity contribution in [3.8, 4) is 0 Å². The van der Waals surface area contributed by atoms with Crippen molar-refractivity contribution in [3.63, 3.8) is 0 Å². The SMILES string of the molecule is [Al+3].[OH-].[OH-].[OH-].c1c[nH]cn1. The Balaban J connectivity index is -0.0000000312. The normalized spacial score (nSPS) is 4.44. The molecule has 1 aromatic heterocycles. The molecule has 0 saturated carbocycles. The molecule has 1 heterocycles. The quantitative estimate of drug-likeness (QED) is 0.496. The summed E-state index contributed by atoms with van der Waals surface area (Å²) in [6.45, 7) is 0. The zero-order valence-corrected chi connectivity index (χ0v) is 5.75. The molecule has 0 aliphatic rings. The van der Waals surface area contributed by atoms with Gasteiger partial charge in [0.05, 0.1) is 6.33 Å². The molecule has 0 unspecified atom stereocenters. The van der Waals surface area contributed by atoms with E-state index in [-0.39, 0.29) is 33.8 Å². The summed E-state index contributed by atoms with van der Waals surface area (Å²) < 4.78 is 0. The Labute approximate surface area is 63.2 Å². The Morgan fingerprint density at radius 1 is 1.11 bits per heavy atom. The maximum absolute atomic E-state index is 3.67. The molecular formula is C3H7AlN2O3. The molecule has 6 heteroatoms. The van der Waals surface area contributed by atoms with Crippen LogP contribution in [0.1, 0.15) is 0 Å². The molecule has 0 aliphatic carbocycles. The van der Waals surface area contributed by atoms with Gasteiger partial charge in [-0.1, -0.05) is 0 Å². The van der Waals surface area contributed by atoms with Gasteiger partial charge < -0.3 is 21.4 Å². The molecule has 0 saturated heterocycles. The number of nitrogens with one attached hydrogen (secondary N) is 1. The molecule has 0 amide bonds. The molecule has 0 aliphatic heterocycles. The van der Waals surface area contributed by atoms with Gasteiger partial charge in [-0.2, -0.15) is 0 Å². The van der Waals surface area contributed by atoms with Crippen molar-refractivity contribution in [1.82, 2.24) is 9.97 Å². The second kappa shape index (κ2) is 15.6. The van der Waals surface area contributed by atoms with Crippen molar-refractivity contribution in [2.45, 2.75) is 0 Å². The van der Waals surface area contributed by atoms with Gasteiger partial charge in [0.15, 0.2) is 0 Å². The average molecular weight is 146 g/mol. The zero-order chi connectivity index (χ0) is 3.54. The molecule has 4 N–H and O–H groups in total. The van der Waals surface area contributed by atoms with E-state index in [0.29, 0.717) is 0 Å². The van der Waals surface area contributed by atoms with Crippen LogP contribution in [0.4, 0.5) is 0 Å². The number of H-pyrrole nitrogens is 1. The van der Waals surface area contributed by atoms with Gasteiger partial charge in [-0.05, 0) is 0 Å². The van der Waals surface area contributed by atoms with Gasteiger partial charge in [-0.3, -0.25) is 0 Å². The predicted octanol–water partition coefficient (Wildman–Crippen LogP) is -0.502. The van der Waals surface area contributed by atoms with Crippen LogP contribution in [0.3, 0.4) is 0 Å². The first kappa shape index (κ1) is 23.4. The smallest absolute Gasteiger partial charge is 0.870 e. The molecule has 1 rings (SSSR count). The number of aromatic nitrogens is 2. The van der Waals surface area contributed by atoms with E-state index in [0.717, 1.165) is 0 Å². The summed E-state index contributed by atoms with van der Waals surface area (Å²) in [6, 6.07) is 0. The fraction of sp³-hybridized carbons (Fsp3) is 0. The molecule has 5 nitrogen and oxygen atoms in total. The van der Waals surface area contributed by atoms with E-state index in [2.05, 4.69) is 9.97 Å². The first-order valence-corrected chi connectivity index (χ1v) is 1.43. The fourth-order valence-corrected chi connectivity index (χ4v) is 0.215. The summed E-state index contributed by atoms with van der Waals surface area (Å²) in [5.41, 5.74) is 0. The summed E-state index contributed by atoms with van der Waals surface area (Å²) in [5, 5.41) is 0. The van der Waals surface area contributed by atoms with Gasteiger partial charge in [0, 0.05) is 12.4 Å². The van der Waals surface area contributed by atoms with Gasteiger partial charge in [-0.15, -0.1) is 0 Å². The van der Waals surface area contributed by atoms with Gasteiger partial charge in [0.1, 0.15) is 0 Å². The first-order chi connectivity index (χ1) is 2.50. The van der Waals surface area contributed by atoms with Crippen molar-refractivity contribution < 1.29 is 16.4 Å². The van der Waals surface area contributed by atoms with Crippen molar-refractivity contribution in [3.05, 3.63) is 18.7 Å². The van der Waals surface area contributed by atoms with E-state index in [1.54, 1.807) is 18.7 Å². The molecule has 0 fully saturated rings. The van der Waals surface area contributed by atoms with Crippen LogP contribution in [0.15, 0.2) is 18.7 Å². The topological polar surface area (TPSA) is 119 Å². The monoisotopic (exact) mass is 146 g/mol. The minimum atomic E-state index is 0. The maximum Gasteiger partial charge on any atom is 3.00 e. The van der Waals surface area contributed by atoms with Crippen molar-refractivity contribution in [1.29, 1.82) is 0 Å². The van der Waals surface area contributed by atoms with E-state index in [9.17, 15) is 0 Å². The Bertz CT molecular complexity index is 73.5. The van der Waals surface area contributed by atoms with Crippen LogP contribution in [0.5, 0.6) is 0 Å². The molecule has 9 heavy (non-hydrogen) atoms. The minimum Gasteiger partial charge on any atom is -0.870 e. The third kappa shape index (κ3) is 11.3. The number of aromatic amines is 1. The molecule has 0 radical (unpaired) electrons. The van der Waals surface area contributed by atoms with E-state index >= 15 is 0 Å². The molecule has 0 aromatic carbocycles.